The molecule has 160 valence electrons. The summed E-state index contributed by atoms with van der Waals surface area (Å²) in [6.45, 7) is 4.87. The van der Waals surface area contributed by atoms with Crippen LogP contribution in [-0.4, -0.2) is 33.6 Å². The summed E-state index contributed by atoms with van der Waals surface area (Å²) in [4.78, 5) is 18.8. The maximum atomic E-state index is 11.9. The van der Waals surface area contributed by atoms with Gasteiger partial charge in [-0.1, -0.05) is 30.3 Å². The topological polar surface area (TPSA) is 54.6 Å². The van der Waals surface area contributed by atoms with Gasteiger partial charge in [0.25, 0.3) is 5.56 Å². The van der Waals surface area contributed by atoms with Crippen molar-refractivity contribution >= 4 is 29.9 Å². The van der Waals surface area contributed by atoms with Gasteiger partial charge in [-0.3, -0.25) is 4.79 Å². The molecule has 6 nitrogen and oxygen atoms in total. The summed E-state index contributed by atoms with van der Waals surface area (Å²) in [5.41, 5.74) is 3.48. The van der Waals surface area contributed by atoms with Crippen molar-refractivity contribution in [1.82, 2.24) is 19.4 Å². The number of aliphatic imine (C=N–C) groups is 1. The predicted molar refractivity (Wildman–Crippen MR) is 133 cm³/mol. The summed E-state index contributed by atoms with van der Waals surface area (Å²) in [5.74, 6) is 0.883. The predicted octanol–water partition coefficient (Wildman–Crippen LogP) is 3.45. The van der Waals surface area contributed by atoms with Gasteiger partial charge >= 0.3 is 0 Å². The molecule has 0 aliphatic rings. The molecule has 0 bridgehead atoms. The quantitative estimate of drug-likeness (QED) is 0.296. The van der Waals surface area contributed by atoms with Crippen LogP contribution in [-0.2, 0) is 26.7 Å². The zero-order valence-electron chi connectivity index (χ0n) is 17.8. The van der Waals surface area contributed by atoms with Crippen LogP contribution in [0, 0.1) is 0 Å². The minimum atomic E-state index is 0. The lowest BCUT2D eigenvalue weighted by molar-refractivity contribution is 0.462. The fraction of sp³-hybridized carbons (Fsp3) is 0.304. The standard InChI is InChI=1S/C23H29N5O.HI/c1-4-24-23(27(3)18-21-8-7-14-26(21)2)25-16-19-10-12-20(13-11-19)17-28-15-6-5-9-22(28)29;/h5-15H,4,16-18H2,1-3H3,(H,24,25);1H. The fourth-order valence-electron chi connectivity index (χ4n) is 3.15. The number of nitrogens with one attached hydrogen (secondary N) is 1. The molecular formula is C23H30IN5O. The van der Waals surface area contributed by atoms with E-state index >= 15 is 0 Å². The van der Waals surface area contributed by atoms with Crippen molar-refractivity contribution in [3.8, 4) is 0 Å². The van der Waals surface area contributed by atoms with Crippen molar-refractivity contribution < 1.29 is 0 Å². The Morgan fingerprint density at radius 1 is 1.03 bits per heavy atom. The number of pyridine rings is 1. The summed E-state index contributed by atoms with van der Waals surface area (Å²) < 4.78 is 3.83. The van der Waals surface area contributed by atoms with Crippen molar-refractivity contribution in [3.05, 3.63) is 94.2 Å². The van der Waals surface area contributed by atoms with Gasteiger partial charge in [0.15, 0.2) is 5.96 Å². The summed E-state index contributed by atoms with van der Waals surface area (Å²) in [7, 11) is 4.10. The highest BCUT2D eigenvalue weighted by Gasteiger charge is 2.08. The van der Waals surface area contributed by atoms with Crippen LogP contribution in [0.1, 0.15) is 23.7 Å². The Bertz CT molecular complexity index is 1010. The SMILES string of the molecule is CCNC(=NCc1ccc(Cn2ccccc2=O)cc1)N(C)Cc1cccn1C.I. The van der Waals surface area contributed by atoms with Crippen molar-refractivity contribution in [2.45, 2.75) is 26.6 Å². The third-order valence-electron chi connectivity index (χ3n) is 4.83. The highest BCUT2D eigenvalue weighted by molar-refractivity contribution is 14.0. The lowest BCUT2D eigenvalue weighted by Crippen LogP contribution is -2.38. The molecule has 0 unspecified atom stereocenters. The van der Waals surface area contributed by atoms with Crippen molar-refractivity contribution in [2.75, 3.05) is 13.6 Å². The van der Waals surface area contributed by atoms with Gasteiger partial charge in [-0.25, -0.2) is 4.99 Å². The molecule has 1 aromatic carbocycles. The molecule has 0 radical (unpaired) electrons. The first-order chi connectivity index (χ1) is 14.1. The molecule has 7 heteroatoms. The Balaban J connectivity index is 0.00000320. The van der Waals surface area contributed by atoms with E-state index in [2.05, 4.69) is 78.4 Å². The maximum Gasteiger partial charge on any atom is 0.250 e. The van der Waals surface area contributed by atoms with E-state index in [9.17, 15) is 4.79 Å². The molecule has 1 N–H and O–H groups in total. The van der Waals surface area contributed by atoms with Gasteiger partial charge in [-0.15, -0.1) is 24.0 Å². The van der Waals surface area contributed by atoms with Crippen LogP contribution in [0.3, 0.4) is 0 Å². The first-order valence-corrected chi connectivity index (χ1v) is 9.89. The van der Waals surface area contributed by atoms with Gasteiger partial charge in [0.1, 0.15) is 0 Å². The smallest absolute Gasteiger partial charge is 0.250 e. The van der Waals surface area contributed by atoms with Crippen LogP contribution in [0.5, 0.6) is 0 Å². The number of rotatable bonds is 7. The third-order valence-corrected chi connectivity index (χ3v) is 4.83. The second kappa shape index (κ2) is 11.6. The van der Waals surface area contributed by atoms with Crippen LogP contribution in [0.25, 0.3) is 0 Å². The highest BCUT2D eigenvalue weighted by atomic mass is 127. The molecule has 0 aliphatic heterocycles. The van der Waals surface area contributed by atoms with Gasteiger partial charge in [0, 0.05) is 44.8 Å². The van der Waals surface area contributed by atoms with E-state index in [-0.39, 0.29) is 29.5 Å². The number of benzene rings is 1. The van der Waals surface area contributed by atoms with E-state index in [1.54, 1.807) is 16.7 Å². The van der Waals surface area contributed by atoms with Crippen LogP contribution in [0.15, 0.2) is 76.8 Å². The van der Waals surface area contributed by atoms with Crippen LogP contribution >= 0.6 is 24.0 Å². The van der Waals surface area contributed by atoms with Crippen molar-refractivity contribution in [2.24, 2.45) is 12.0 Å². The minimum absolute atomic E-state index is 0. The number of hydrogen-bond donors (Lipinski definition) is 1. The first kappa shape index (κ1) is 23.7. The van der Waals surface area contributed by atoms with Crippen LogP contribution < -0.4 is 10.9 Å². The number of aromatic nitrogens is 2. The Labute approximate surface area is 195 Å². The molecule has 0 spiro atoms. The Morgan fingerprint density at radius 3 is 2.40 bits per heavy atom. The Kier molecular flexibility index (Phi) is 9.16. The largest absolute Gasteiger partial charge is 0.357 e. The average molecular weight is 519 g/mol. The second-order valence-corrected chi connectivity index (χ2v) is 7.12. The second-order valence-electron chi connectivity index (χ2n) is 7.12. The molecule has 0 aliphatic carbocycles. The molecule has 0 fully saturated rings. The minimum Gasteiger partial charge on any atom is -0.357 e. The molecule has 0 saturated carbocycles. The van der Waals surface area contributed by atoms with E-state index in [0.717, 1.165) is 30.2 Å². The Hall–Kier alpha value is -2.55. The van der Waals surface area contributed by atoms with E-state index in [0.29, 0.717) is 13.1 Å². The summed E-state index contributed by atoms with van der Waals surface area (Å²) in [6, 6.07) is 17.7. The molecule has 0 saturated heterocycles. The van der Waals surface area contributed by atoms with Crippen molar-refractivity contribution in [1.29, 1.82) is 0 Å². The molecule has 0 amide bonds. The van der Waals surface area contributed by atoms with Gasteiger partial charge < -0.3 is 19.4 Å². The van der Waals surface area contributed by atoms with Gasteiger partial charge in [0.05, 0.1) is 19.6 Å². The fourth-order valence-corrected chi connectivity index (χ4v) is 3.15. The zero-order chi connectivity index (χ0) is 20.6. The van der Waals surface area contributed by atoms with Crippen LogP contribution in [0.2, 0.25) is 0 Å². The molecule has 0 atom stereocenters. The van der Waals surface area contributed by atoms with Crippen molar-refractivity contribution in [3.63, 3.8) is 0 Å². The van der Waals surface area contributed by atoms with Gasteiger partial charge in [-0.05, 0) is 36.2 Å². The maximum absolute atomic E-state index is 11.9. The molecular weight excluding hydrogens is 489 g/mol. The number of hydrogen-bond acceptors (Lipinski definition) is 2. The van der Waals surface area contributed by atoms with Gasteiger partial charge in [0.2, 0.25) is 0 Å². The van der Waals surface area contributed by atoms with E-state index < -0.39 is 0 Å². The van der Waals surface area contributed by atoms with Gasteiger partial charge in [-0.2, -0.15) is 0 Å². The molecule has 2 heterocycles. The summed E-state index contributed by atoms with van der Waals surface area (Å²) in [5, 5.41) is 3.36. The zero-order valence-corrected chi connectivity index (χ0v) is 20.1. The van der Waals surface area contributed by atoms with E-state index in [4.69, 9.17) is 4.99 Å². The molecule has 2 aromatic heterocycles. The van der Waals surface area contributed by atoms with E-state index in [1.807, 2.05) is 12.3 Å². The number of guanidine groups is 1. The normalized spacial score (nSPS) is 11.1. The number of halogens is 1. The monoisotopic (exact) mass is 519 g/mol. The number of aryl methyl sites for hydroxylation is 1. The highest BCUT2D eigenvalue weighted by Crippen LogP contribution is 2.08. The average Bonchev–Trinajstić information content (AvgIpc) is 3.12. The lowest BCUT2D eigenvalue weighted by Gasteiger charge is -2.22. The first-order valence-electron chi connectivity index (χ1n) is 9.89. The van der Waals surface area contributed by atoms with E-state index in [1.165, 1.54) is 5.69 Å². The third kappa shape index (κ3) is 6.48. The summed E-state index contributed by atoms with van der Waals surface area (Å²) in [6.07, 6.45) is 3.87. The molecule has 3 rings (SSSR count). The summed E-state index contributed by atoms with van der Waals surface area (Å²) >= 11 is 0. The van der Waals surface area contributed by atoms with Crippen LogP contribution in [0.4, 0.5) is 0 Å². The Morgan fingerprint density at radius 2 is 1.77 bits per heavy atom. The molecule has 30 heavy (non-hydrogen) atoms. The lowest BCUT2D eigenvalue weighted by atomic mass is 10.1. The molecule has 3 aromatic rings. The number of nitrogens with zero attached hydrogens (tertiary/aromatic N) is 4.